The first kappa shape index (κ1) is 15.8. The van der Waals surface area contributed by atoms with E-state index in [4.69, 9.17) is 0 Å². The maximum atomic E-state index is 12.8. The van der Waals surface area contributed by atoms with Gasteiger partial charge in [-0.05, 0) is 38.6 Å². The molecular weight excluding hydrogens is 248 g/mol. The van der Waals surface area contributed by atoms with E-state index in [-0.39, 0.29) is 0 Å². The molecule has 2 rings (SSSR count). The van der Waals surface area contributed by atoms with E-state index >= 15 is 0 Å². The first-order valence-corrected chi connectivity index (χ1v) is 8.70. The fourth-order valence-corrected chi connectivity index (χ4v) is 4.01. The highest BCUT2D eigenvalue weighted by molar-refractivity contribution is 5.79. The first-order chi connectivity index (χ1) is 9.74. The third-order valence-electron chi connectivity index (χ3n) is 5.22. The number of amides is 1. The van der Waals surface area contributed by atoms with Crippen LogP contribution in [0.1, 0.15) is 64.7 Å². The molecular formula is C17H32N2O. The highest BCUT2D eigenvalue weighted by Gasteiger charge is 2.30. The first-order valence-electron chi connectivity index (χ1n) is 8.70. The number of hydrogen-bond donors (Lipinski definition) is 1. The summed E-state index contributed by atoms with van der Waals surface area (Å²) in [7, 11) is 2.01. The fraction of sp³-hybridized carbons (Fsp3) is 0.941. The quantitative estimate of drug-likeness (QED) is 0.810. The van der Waals surface area contributed by atoms with Gasteiger partial charge < -0.3 is 10.2 Å². The molecule has 0 aromatic rings. The van der Waals surface area contributed by atoms with E-state index in [2.05, 4.69) is 17.1 Å². The summed E-state index contributed by atoms with van der Waals surface area (Å²) in [5, 5.41) is 3.34. The van der Waals surface area contributed by atoms with E-state index < -0.39 is 0 Å². The Hall–Kier alpha value is -0.570. The maximum absolute atomic E-state index is 12.8. The molecule has 3 nitrogen and oxygen atoms in total. The molecule has 2 fully saturated rings. The van der Waals surface area contributed by atoms with Crippen molar-refractivity contribution in [2.24, 2.45) is 11.8 Å². The van der Waals surface area contributed by atoms with Crippen molar-refractivity contribution in [2.45, 2.75) is 70.8 Å². The van der Waals surface area contributed by atoms with Gasteiger partial charge in [-0.1, -0.05) is 39.0 Å². The Kier molecular flexibility index (Phi) is 6.34. The van der Waals surface area contributed by atoms with Gasteiger partial charge in [0, 0.05) is 25.0 Å². The molecule has 20 heavy (non-hydrogen) atoms. The van der Waals surface area contributed by atoms with Crippen LogP contribution in [-0.2, 0) is 4.79 Å². The van der Waals surface area contributed by atoms with E-state index in [1.54, 1.807) is 0 Å². The van der Waals surface area contributed by atoms with Crippen LogP contribution in [0.3, 0.4) is 0 Å². The van der Waals surface area contributed by atoms with Crippen LogP contribution in [0.15, 0.2) is 0 Å². The van der Waals surface area contributed by atoms with Crippen molar-refractivity contribution in [3.05, 3.63) is 0 Å². The molecule has 0 aromatic carbocycles. The Morgan fingerprint density at radius 1 is 1.25 bits per heavy atom. The Labute approximate surface area is 124 Å². The average molecular weight is 280 g/mol. The van der Waals surface area contributed by atoms with Gasteiger partial charge in [-0.15, -0.1) is 0 Å². The summed E-state index contributed by atoms with van der Waals surface area (Å²) in [4.78, 5) is 15.0. The van der Waals surface area contributed by atoms with Crippen molar-refractivity contribution in [3.8, 4) is 0 Å². The third kappa shape index (κ3) is 4.21. The summed E-state index contributed by atoms with van der Waals surface area (Å²) in [6.07, 6.45) is 11.2. The second-order valence-electron chi connectivity index (χ2n) is 6.78. The average Bonchev–Trinajstić information content (AvgIpc) is 2.99. The van der Waals surface area contributed by atoms with E-state index in [1.807, 2.05) is 7.05 Å². The standard InChI is InChI=1S/C17H32N2O/c1-3-7-15(12-14-8-4-5-9-14)17(20)19-11-6-10-16(13-19)18-2/h14-16,18H,3-13H2,1-2H3. The van der Waals surface area contributed by atoms with E-state index in [1.165, 1.54) is 32.1 Å². The zero-order chi connectivity index (χ0) is 14.4. The fourth-order valence-electron chi connectivity index (χ4n) is 4.01. The van der Waals surface area contributed by atoms with Crippen LogP contribution in [0.25, 0.3) is 0 Å². The molecule has 1 amide bonds. The van der Waals surface area contributed by atoms with Gasteiger partial charge in [0.15, 0.2) is 0 Å². The van der Waals surface area contributed by atoms with E-state index in [9.17, 15) is 4.79 Å². The van der Waals surface area contributed by atoms with Crippen LogP contribution < -0.4 is 5.32 Å². The molecule has 3 heteroatoms. The Balaban J connectivity index is 1.90. The topological polar surface area (TPSA) is 32.3 Å². The molecule has 2 atom stereocenters. The number of rotatable bonds is 6. The van der Waals surface area contributed by atoms with Crippen molar-refractivity contribution < 1.29 is 4.79 Å². The largest absolute Gasteiger partial charge is 0.341 e. The normalized spacial score (nSPS) is 25.9. The SMILES string of the molecule is CCCC(CC1CCCC1)C(=O)N1CCCC(NC)C1. The van der Waals surface area contributed by atoms with Crippen molar-refractivity contribution in [1.82, 2.24) is 10.2 Å². The molecule has 2 unspecified atom stereocenters. The molecule has 1 heterocycles. The number of nitrogens with one attached hydrogen (secondary N) is 1. The summed E-state index contributed by atoms with van der Waals surface area (Å²) in [6, 6.07) is 0.501. The van der Waals surface area contributed by atoms with E-state index in [0.717, 1.165) is 44.7 Å². The predicted molar refractivity (Wildman–Crippen MR) is 83.6 cm³/mol. The zero-order valence-corrected chi connectivity index (χ0v) is 13.4. The molecule has 1 aliphatic heterocycles. The van der Waals surface area contributed by atoms with Crippen molar-refractivity contribution in [1.29, 1.82) is 0 Å². The van der Waals surface area contributed by atoms with Gasteiger partial charge in [0.05, 0.1) is 0 Å². The number of carbonyl (C=O) groups is 1. The summed E-state index contributed by atoms with van der Waals surface area (Å²) in [5.74, 6) is 1.55. The number of nitrogens with zero attached hydrogens (tertiary/aromatic N) is 1. The van der Waals surface area contributed by atoms with Crippen molar-refractivity contribution in [2.75, 3.05) is 20.1 Å². The summed E-state index contributed by atoms with van der Waals surface area (Å²) in [5.41, 5.74) is 0. The lowest BCUT2D eigenvalue weighted by Gasteiger charge is -2.35. The Morgan fingerprint density at radius 3 is 2.65 bits per heavy atom. The monoisotopic (exact) mass is 280 g/mol. The Morgan fingerprint density at radius 2 is 2.00 bits per heavy atom. The van der Waals surface area contributed by atoms with Gasteiger partial charge in [0.2, 0.25) is 5.91 Å². The van der Waals surface area contributed by atoms with Crippen LogP contribution in [0, 0.1) is 11.8 Å². The highest BCUT2D eigenvalue weighted by atomic mass is 16.2. The van der Waals surface area contributed by atoms with Crippen LogP contribution in [0.5, 0.6) is 0 Å². The van der Waals surface area contributed by atoms with E-state index in [0.29, 0.717) is 17.9 Å². The molecule has 1 aliphatic carbocycles. The van der Waals surface area contributed by atoms with Gasteiger partial charge in [0.1, 0.15) is 0 Å². The predicted octanol–water partition coefficient (Wildman–Crippen LogP) is 3.19. The molecule has 116 valence electrons. The lowest BCUT2D eigenvalue weighted by molar-refractivity contribution is -0.137. The molecule has 0 aromatic heterocycles. The number of piperidine rings is 1. The van der Waals surface area contributed by atoms with Gasteiger partial charge in [-0.3, -0.25) is 4.79 Å². The van der Waals surface area contributed by atoms with Crippen LogP contribution >= 0.6 is 0 Å². The van der Waals surface area contributed by atoms with Gasteiger partial charge in [0.25, 0.3) is 0 Å². The number of carbonyl (C=O) groups excluding carboxylic acids is 1. The molecule has 1 N–H and O–H groups in total. The van der Waals surface area contributed by atoms with Gasteiger partial charge >= 0.3 is 0 Å². The molecule has 0 radical (unpaired) electrons. The number of hydrogen-bond acceptors (Lipinski definition) is 2. The second kappa shape index (κ2) is 8.02. The van der Waals surface area contributed by atoms with Crippen molar-refractivity contribution in [3.63, 3.8) is 0 Å². The summed E-state index contributed by atoms with van der Waals surface area (Å²) < 4.78 is 0. The number of likely N-dealkylation sites (tertiary alicyclic amines) is 1. The maximum Gasteiger partial charge on any atom is 0.225 e. The smallest absolute Gasteiger partial charge is 0.225 e. The minimum atomic E-state index is 0.290. The minimum Gasteiger partial charge on any atom is -0.341 e. The molecule has 1 saturated heterocycles. The lowest BCUT2D eigenvalue weighted by atomic mass is 9.88. The minimum absolute atomic E-state index is 0.290. The number of likely N-dealkylation sites (N-methyl/N-ethyl adjacent to an activating group) is 1. The molecule has 0 spiro atoms. The van der Waals surface area contributed by atoms with Gasteiger partial charge in [-0.25, -0.2) is 0 Å². The molecule has 1 saturated carbocycles. The molecule has 0 bridgehead atoms. The van der Waals surface area contributed by atoms with Crippen LogP contribution in [0.4, 0.5) is 0 Å². The van der Waals surface area contributed by atoms with Crippen LogP contribution in [-0.4, -0.2) is 37.0 Å². The summed E-state index contributed by atoms with van der Waals surface area (Å²) in [6.45, 7) is 4.10. The molecule has 2 aliphatic rings. The van der Waals surface area contributed by atoms with Gasteiger partial charge in [-0.2, -0.15) is 0 Å². The highest BCUT2D eigenvalue weighted by Crippen LogP contribution is 2.32. The Bertz CT molecular complexity index is 299. The zero-order valence-electron chi connectivity index (χ0n) is 13.4. The van der Waals surface area contributed by atoms with Crippen molar-refractivity contribution >= 4 is 5.91 Å². The van der Waals surface area contributed by atoms with Crippen LogP contribution in [0.2, 0.25) is 0 Å². The second-order valence-corrected chi connectivity index (χ2v) is 6.78. The lowest BCUT2D eigenvalue weighted by Crippen LogP contribution is -2.49. The summed E-state index contributed by atoms with van der Waals surface area (Å²) >= 11 is 0. The third-order valence-corrected chi connectivity index (χ3v) is 5.22.